The van der Waals surface area contributed by atoms with Crippen LogP contribution in [0.4, 0.5) is 0 Å². The van der Waals surface area contributed by atoms with Crippen molar-refractivity contribution in [3.05, 3.63) is 195 Å². The predicted octanol–water partition coefficient (Wildman–Crippen LogP) is 11.0. The number of rotatable bonds is 17. The molecule has 0 aliphatic heterocycles. The lowest BCUT2D eigenvalue weighted by Crippen LogP contribution is -2.66. The Hall–Kier alpha value is -4.89. The lowest BCUT2D eigenvalue weighted by Gasteiger charge is -2.51. The summed E-state index contributed by atoms with van der Waals surface area (Å²) in [7, 11) is 0. The molecule has 6 aromatic rings. The highest BCUT2D eigenvalue weighted by Gasteiger charge is 2.56. The monoisotopic (exact) mass is 778 g/mol. The molecule has 57 heavy (non-hydrogen) atoms. The van der Waals surface area contributed by atoms with Gasteiger partial charge in [0.25, 0.3) is 0 Å². The van der Waals surface area contributed by atoms with Crippen LogP contribution < -0.4 is 4.74 Å². The van der Waals surface area contributed by atoms with E-state index in [4.69, 9.17) is 23.7 Å². The van der Waals surface area contributed by atoms with Gasteiger partial charge in [-0.2, -0.15) is 0 Å². The first-order chi connectivity index (χ1) is 27.9. The van der Waals surface area contributed by atoms with Crippen molar-refractivity contribution in [1.82, 2.24) is 0 Å². The maximum Gasteiger partial charge on any atom is 0.206 e. The van der Waals surface area contributed by atoms with Gasteiger partial charge in [0.1, 0.15) is 34.5 Å². The summed E-state index contributed by atoms with van der Waals surface area (Å²) in [5.74, 6) is 1.10. The fraction of sp³-hybridized carbons (Fsp3) is 0.300. The van der Waals surface area contributed by atoms with E-state index in [0.717, 1.165) is 27.1 Å². The second-order valence-corrected chi connectivity index (χ2v) is 16.7. The zero-order chi connectivity index (χ0) is 39.0. The molecule has 292 valence electrons. The topological polar surface area (TPSA) is 63.2 Å². The minimum atomic E-state index is -1.01. The van der Waals surface area contributed by atoms with Gasteiger partial charge < -0.3 is 23.7 Å². The molecular weight excluding hydrogens is 729 g/mol. The standard InChI is InChI=1S/C50H50O6S/c1-35-29-43(48(57-35)45(51)42-27-25-41(26-28-42)40-23-24-40)56-50(2)30-44(52-31-36-15-7-3-8-16-36)46(53-32-37-17-9-4-10-18-37)47(54-33-38-19-11-5-12-20-38)49(50)55-34-39-21-13-6-14-22-39/h3-22,25-29,40,44,46-47,49H,23-24,30-34H2,1-2H3/t44-,46-,47+,49+,50-/m1/s1. The Morgan fingerprint density at radius 2 is 1.09 bits per heavy atom. The number of hydrogen-bond acceptors (Lipinski definition) is 7. The van der Waals surface area contributed by atoms with Crippen LogP contribution in [0.3, 0.4) is 0 Å². The zero-order valence-corrected chi connectivity index (χ0v) is 33.4. The van der Waals surface area contributed by atoms with Crippen LogP contribution in [0.1, 0.15) is 80.0 Å². The second-order valence-electron chi connectivity index (χ2n) is 15.5. The van der Waals surface area contributed by atoms with E-state index in [9.17, 15) is 4.79 Å². The number of ketones is 1. The van der Waals surface area contributed by atoms with Crippen LogP contribution in [0.15, 0.2) is 152 Å². The lowest BCUT2D eigenvalue weighted by atomic mass is 9.77. The Kier molecular flexibility index (Phi) is 12.4. The second kappa shape index (κ2) is 18.1. The maximum absolute atomic E-state index is 14.3. The normalized spacial score (nSPS) is 21.9. The summed E-state index contributed by atoms with van der Waals surface area (Å²) < 4.78 is 35.0. The highest BCUT2D eigenvalue weighted by Crippen LogP contribution is 2.44. The SMILES string of the molecule is Cc1cc(O[C@]2(C)C[C@@H](OCc3ccccc3)[C@@H](OCc3ccccc3)[C@H](OCc3ccccc3)[C@@H]2OCc2ccccc2)c(C(=O)c2ccc(C3CC3)cc2)s1. The first-order valence-electron chi connectivity index (χ1n) is 20.0. The number of ether oxygens (including phenoxy) is 5. The van der Waals surface area contributed by atoms with Crippen LogP contribution >= 0.6 is 11.3 Å². The van der Waals surface area contributed by atoms with E-state index in [-0.39, 0.29) is 5.78 Å². The Morgan fingerprint density at radius 3 is 1.60 bits per heavy atom. The van der Waals surface area contributed by atoms with Gasteiger partial charge in [-0.05, 0) is 66.5 Å². The summed E-state index contributed by atoms with van der Waals surface area (Å²) in [5.41, 5.74) is 5.11. The van der Waals surface area contributed by atoms with Gasteiger partial charge in [0.15, 0.2) is 0 Å². The van der Waals surface area contributed by atoms with E-state index < -0.39 is 30.0 Å². The van der Waals surface area contributed by atoms with Gasteiger partial charge in [0, 0.05) is 16.9 Å². The summed E-state index contributed by atoms with van der Waals surface area (Å²) >= 11 is 1.46. The molecule has 5 aromatic carbocycles. The molecule has 2 fully saturated rings. The molecule has 0 spiro atoms. The van der Waals surface area contributed by atoms with Crippen molar-refractivity contribution in [2.45, 2.75) is 95.5 Å². The molecule has 0 unspecified atom stereocenters. The van der Waals surface area contributed by atoms with Crippen LogP contribution in [0.2, 0.25) is 0 Å². The van der Waals surface area contributed by atoms with E-state index in [0.29, 0.717) is 55.0 Å². The molecule has 0 bridgehead atoms. The number of thiophene rings is 1. The van der Waals surface area contributed by atoms with Gasteiger partial charge in [-0.1, -0.05) is 146 Å². The van der Waals surface area contributed by atoms with Crippen LogP contribution in [-0.2, 0) is 45.4 Å². The number of carbonyl (C=O) groups is 1. The first-order valence-corrected chi connectivity index (χ1v) is 20.8. The molecule has 2 aliphatic carbocycles. The van der Waals surface area contributed by atoms with Gasteiger partial charge in [-0.15, -0.1) is 11.3 Å². The van der Waals surface area contributed by atoms with Gasteiger partial charge >= 0.3 is 0 Å². The van der Waals surface area contributed by atoms with Crippen molar-refractivity contribution < 1.29 is 28.5 Å². The Labute approximate surface area is 340 Å². The summed E-state index contributed by atoms with van der Waals surface area (Å²) in [6, 6.07) is 50.8. The number of benzene rings is 5. The summed E-state index contributed by atoms with van der Waals surface area (Å²) in [6.07, 6.45) is 0.626. The van der Waals surface area contributed by atoms with Crippen molar-refractivity contribution in [3.63, 3.8) is 0 Å². The Morgan fingerprint density at radius 1 is 0.614 bits per heavy atom. The Balaban J connectivity index is 1.17. The molecule has 7 heteroatoms. The molecule has 1 aromatic heterocycles. The van der Waals surface area contributed by atoms with Crippen LogP contribution in [0.25, 0.3) is 0 Å². The summed E-state index contributed by atoms with van der Waals surface area (Å²) in [6.45, 7) is 5.50. The fourth-order valence-corrected chi connectivity index (χ4v) is 8.67. The van der Waals surface area contributed by atoms with Crippen molar-refractivity contribution >= 4 is 17.1 Å². The highest BCUT2D eigenvalue weighted by atomic mass is 32.1. The number of hydrogen-bond donors (Lipinski definition) is 0. The molecule has 0 saturated heterocycles. The van der Waals surface area contributed by atoms with E-state index in [1.807, 2.05) is 97.9 Å². The molecule has 2 aliphatic rings. The maximum atomic E-state index is 14.3. The zero-order valence-electron chi connectivity index (χ0n) is 32.6. The van der Waals surface area contributed by atoms with E-state index >= 15 is 0 Å². The summed E-state index contributed by atoms with van der Waals surface area (Å²) in [4.78, 5) is 15.8. The molecule has 0 amide bonds. The Bertz CT molecular complexity index is 2170. The average molecular weight is 779 g/mol. The largest absolute Gasteiger partial charge is 0.483 e. The molecule has 2 saturated carbocycles. The van der Waals surface area contributed by atoms with E-state index in [1.165, 1.54) is 29.7 Å². The third-order valence-electron chi connectivity index (χ3n) is 10.9. The minimum absolute atomic E-state index is 0.0514. The highest BCUT2D eigenvalue weighted by molar-refractivity contribution is 7.14. The number of aryl methyl sites for hydroxylation is 1. The minimum Gasteiger partial charge on any atom is -0.483 e. The summed E-state index contributed by atoms with van der Waals surface area (Å²) in [5, 5.41) is 0. The van der Waals surface area contributed by atoms with Crippen molar-refractivity contribution in [2.75, 3.05) is 0 Å². The van der Waals surface area contributed by atoms with E-state index in [2.05, 4.69) is 67.6 Å². The number of carbonyl (C=O) groups excluding carboxylic acids is 1. The quantitative estimate of drug-likeness (QED) is 0.0860. The molecule has 6 nitrogen and oxygen atoms in total. The van der Waals surface area contributed by atoms with Crippen LogP contribution in [0, 0.1) is 6.92 Å². The average Bonchev–Trinajstić information content (AvgIpc) is 4.04. The molecule has 0 radical (unpaired) electrons. The van der Waals surface area contributed by atoms with Gasteiger partial charge in [0.05, 0.1) is 32.5 Å². The van der Waals surface area contributed by atoms with Gasteiger partial charge in [-0.25, -0.2) is 0 Å². The van der Waals surface area contributed by atoms with Gasteiger partial charge in [-0.3, -0.25) is 4.79 Å². The van der Waals surface area contributed by atoms with E-state index in [1.54, 1.807) is 0 Å². The smallest absolute Gasteiger partial charge is 0.206 e. The lowest BCUT2D eigenvalue weighted by molar-refractivity contribution is -0.260. The van der Waals surface area contributed by atoms with Crippen molar-refractivity contribution in [1.29, 1.82) is 0 Å². The van der Waals surface area contributed by atoms with Crippen LogP contribution in [0.5, 0.6) is 5.75 Å². The third kappa shape index (κ3) is 9.81. The third-order valence-corrected chi connectivity index (χ3v) is 12.0. The molecule has 5 atom stereocenters. The van der Waals surface area contributed by atoms with Gasteiger partial charge in [0.2, 0.25) is 5.78 Å². The van der Waals surface area contributed by atoms with Crippen molar-refractivity contribution in [3.8, 4) is 5.75 Å². The molecule has 1 heterocycles. The molecule has 0 N–H and O–H groups in total. The predicted molar refractivity (Wildman–Crippen MR) is 225 cm³/mol. The van der Waals surface area contributed by atoms with Crippen molar-refractivity contribution in [2.24, 2.45) is 0 Å². The molecular formula is C50H50O6S. The first kappa shape index (κ1) is 39.0. The molecule has 8 rings (SSSR count). The van der Waals surface area contributed by atoms with Crippen LogP contribution in [-0.4, -0.2) is 35.8 Å². The fourth-order valence-electron chi connectivity index (χ4n) is 7.77.